The van der Waals surface area contributed by atoms with E-state index < -0.39 is 11.6 Å². The second-order valence-electron chi connectivity index (χ2n) is 7.11. The van der Waals surface area contributed by atoms with Crippen LogP contribution in [-0.2, 0) is 6.42 Å². The Kier molecular flexibility index (Phi) is 8.29. The van der Waals surface area contributed by atoms with Gasteiger partial charge in [0, 0.05) is 31.8 Å². The second-order valence-corrected chi connectivity index (χ2v) is 7.11. The van der Waals surface area contributed by atoms with Crippen LogP contribution in [0.5, 0.6) is 0 Å². The van der Waals surface area contributed by atoms with E-state index in [2.05, 4.69) is 10.6 Å². The van der Waals surface area contributed by atoms with Crippen molar-refractivity contribution in [3.63, 3.8) is 0 Å². The topological polar surface area (TPSA) is 56.7 Å². The maximum atomic E-state index is 13.7. The molecule has 0 bridgehead atoms. The molecular formula is C20H31F2N3O. The SMILES string of the molecule is CCNC(=NCC1(CCO)CCCCC1)NCCc1c(F)cccc1F. The fourth-order valence-electron chi connectivity index (χ4n) is 3.69. The number of benzene rings is 1. The van der Waals surface area contributed by atoms with E-state index in [1.807, 2.05) is 6.92 Å². The molecule has 0 aliphatic heterocycles. The van der Waals surface area contributed by atoms with Crippen molar-refractivity contribution in [2.75, 3.05) is 26.2 Å². The van der Waals surface area contributed by atoms with Crippen molar-refractivity contribution < 1.29 is 13.9 Å². The number of halogens is 2. The van der Waals surface area contributed by atoms with Crippen LogP contribution in [0.25, 0.3) is 0 Å². The first-order valence-electron chi connectivity index (χ1n) is 9.66. The van der Waals surface area contributed by atoms with Gasteiger partial charge in [0.15, 0.2) is 5.96 Å². The number of nitrogens with one attached hydrogen (secondary N) is 2. The van der Waals surface area contributed by atoms with Crippen LogP contribution in [0.4, 0.5) is 8.78 Å². The molecule has 1 aliphatic rings. The van der Waals surface area contributed by atoms with Gasteiger partial charge in [0.1, 0.15) is 11.6 Å². The maximum Gasteiger partial charge on any atom is 0.191 e. The summed E-state index contributed by atoms with van der Waals surface area (Å²) in [7, 11) is 0. The largest absolute Gasteiger partial charge is 0.396 e. The van der Waals surface area contributed by atoms with Crippen LogP contribution in [-0.4, -0.2) is 37.3 Å². The first kappa shape index (κ1) is 20.6. The Bertz CT molecular complexity index is 561. The lowest BCUT2D eigenvalue weighted by molar-refractivity contribution is 0.137. The van der Waals surface area contributed by atoms with Gasteiger partial charge in [-0.2, -0.15) is 0 Å². The van der Waals surface area contributed by atoms with Crippen LogP contribution < -0.4 is 10.6 Å². The predicted octanol–water partition coefficient (Wildman–Crippen LogP) is 3.40. The molecule has 146 valence electrons. The smallest absolute Gasteiger partial charge is 0.191 e. The van der Waals surface area contributed by atoms with Crippen molar-refractivity contribution in [3.8, 4) is 0 Å². The van der Waals surface area contributed by atoms with Crippen LogP contribution in [0.2, 0.25) is 0 Å². The molecule has 4 nitrogen and oxygen atoms in total. The number of aliphatic hydroxyl groups excluding tert-OH is 1. The molecule has 1 aromatic carbocycles. The average Bonchev–Trinajstić information content (AvgIpc) is 2.63. The van der Waals surface area contributed by atoms with E-state index in [-0.39, 0.29) is 24.0 Å². The summed E-state index contributed by atoms with van der Waals surface area (Å²) in [6.07, 6.45) is 6.84. The molecule has 0 saturated heterocycles. The van der Waals surface area contributed by atoms with Gasteiger partial charge in [0.25, 0.3) is 0 Å². The first-order valence-corrected chi connectivity index (χ1v) is 9.66. The highest BCUT2D eigenvalue weighted by molar-refractivity contribution is 5.79. The minimum absolute atomic E-state index is 0.0764. The summed E-state index contributed by atoms with van der Waals surface area (Å²) in [5, 5.41) is 15.8. The van der Waals surface area contributed by atoms with E-state index in [9.17, 15) is 13.9 Å². The molecule has 1 saturated carbocycles. The van der Waals surface area contributed by atoms with Crippen molar-refractivity contribution >= 4 is 5.96 Å². The van der Waals surface area contributed by atoms with Gasteiger partial charge >= 0.3 is 0 Å². The fraction of sp³-hybridized carbons (Fsp3) is 0.650. The van der Waals surface area contributed by atoms with Crippen molar-refractivity contribution in [2.45, 2.75) is 51.9 Å². The number of guanidine groups is 1. The molecule has 0 heterocycles. The highest BCUT2D eigenvalue weighted by Gasteiger charge is 2.31. The summed E-state index contributed by atoms with van der Waals surface area (Å²) in [6, 6.07) is 3.93. The van der Waals surface area contributed by atoms with E-state index >= 15 is 0 Å². The molecule has 1 fully saturated rings. The second kappa shape index (κ2) is 10.5. The summed E-state index contributed by atoms with van der Waals surface area (Å²) in [4.78, 5) is 4.70. The molecule has 0 unspecified atom stereocenters. The van der Waals surface area contributed by atoms with Gasteiger partial charge in [-0.15, -0.1) is 0 Å². The molecule has 0 amide bonds. The molecule has 6 heteroatoms. The lowest BCUT2D eigenvalue weighted by Gasteiger charge is -2.35. The summed E-state index contributed by atoms with van der Waals surface area (Å²) in [6.45, 7) is 3.95. The Morgan fingerprint density at radius 2 is 1.85 bits per heavy atom. The Balaban J connectivity index is 1.95. The zero-order chi connectivity index (χ0) is 18.8. The van der Waals surface area contributed by atoms with Gasteiger partial charge in [-0.25, -0.2) is 8.78 Å². The number of aliphatic hydroxyl groups is 1. The lowest BCUT2D eigenvalue weighted by atomic mass is 9.72. The predicted molar refractivity (Wildman–Crippen MR) is 101 cm³/mol. The zero-order valence-corrected chi connectivity index (χ0v) is 15.7. The van der Waals surface area contributed by atoms with Crippen LogP contribution in [0, 0.1) is 17.0 Å². The third-order valence-corrected chi connectivity index (χ3v) is 5.20. The minimum Gasteiger partial charge on any atom is -0.396 e. The molecule has 1 aromatic rings. The van der Waals surface area contributed by atoms with Crippen LogP contribution in [0.1, 0.15) is 51.0 Å². The van der Waals surface area contributed by atoms with E-state index in [0.717, 1.165) is 19.3 Å². The minimum atomic E-state index is -0.516. The van der Waals surface area contributed by atoms with Crippen molar-refractivity contribution in [1.29, 1.82) is 0 Å². The first-order chi connectivity index (χ1) is 12.6. The average molecular weight is 367 g/mol. The summed E-state index contributed by atoms with van der Waals surface area (Å²) in [5.74, 6) is -0.372. The molecule has 1 aliphatic carbocycles. The van der Waals surface area contributed by atoms with Crippen LogP contribution in [0.3, 0.4) is 0 Å². The van der Waals surface area contributed by atoms with E-state index in [0.29, 0.717) is 25.6 Å². The Morgan fingerprint density at radius 3 is 2.46 bits per heavy atom. The number of nitrogens with zero attached hydrogens (tertiary/aromatic N) is 1. The molecule has 2 rings (SSSR count). The number of hydrogen-bond donors (Lipinski definition) is 3. The van der Waals surface area contributed by atoms with Gasteiger partial charge in [-0.05, 0) is 50.2 Å². The third-order valence-electron chi connectivity index (χ3n) is 5.20. The van der Waals surface area contributed by atoms with Gasteiger partial charge in [0.05, 0.1) is 0 Å². The van der Waals surface area contributed by atoms with Crippen molar-refractivity contribution in [3.05, 3.63) is 35.4 Å². The summed E-state index contributed by atoms with van der Waals surface area (Å²) < 4.78 is 27.4. The zero-order valence-electron chi connectivity index (χ0n) is 15.7. The van der Waals surface area contributed by atoms with E-state index in [1.165, 1.54) is 37.5 Å². The van der Waals surface area contributed by atoms with Crippen molar-refractivity contribution in [2.24, 2.45) is 10.4 Å². The molecule has 0 radical (unpaired) electrons. The molecule has 3 N–H and O–H groups in total. The van der Waals surface area contributed by atoms with Crippen molar-refractivity contribution in [1.82, 2.24) is 10.6 Å². The van der Waals surface area contributed by atoms with Crippen LogP contribution >= 0.6 is 0 Å². The lowest BCUT2D eigenvalue weighted by Crippen LogP contribution is -2.40. The van der Waals surface area contributed by atoms with E-state index in [1.54, 1.807) is 0 Å². The monoisotopic (exact) mass is 367 g/mol. The van der Waals surface area contributed by atoms with Gasteiger partial charge in [0.2, 0.25) is 0 Å². The van der Waals surface area contributed by atoms with Gasteiger partial charge in [-0.1, -0.05) is 25.3 Å². The fourth-order valence-corrected chi connectivity index (χ4v) is 3.69. The number of rotatable bonds is 8. The molecule has 0 atom stereocenters. The third kappa shape index (κ3) is 5.94. The molecular weight excluding hydrogens is 336 g/mol. The standard InChI is InChI=1S/C20H31F2N3O/c1-2-23-19(24-13-9-16-17(21)7-6-8-18(16)22)25-15-20(12-14-26)10-4-3-5-11-20/h6-8,26H,2-5,9-15H2,1H3,(H2,23,24,25). The normalized spacial score (nSPS) is 17.2. The molecule has 26 heavy (non-hydrogen) atoms. The van der Waals surface area contributed by atoms with E-state index in [4.69, 9.17) is 4.99 Å². The summed E-state index contributed by atoms with van der Waals surface area (Å²) in [5.41, 5.74) is 0.173. The Labute approximate surface area is 155 Å². The highest BCUT2D eigenvalue weighted by atomic mass is 19.1. The Hall–Kier alpha value is -1.69. The van der Waals surface area contributed by atoms with Crippen LogP contribution in [0.15, 0.2) is 23.2 Å². The highest BCUT2D eigenvalue weighted by Crippen LogP contribution is 2.39. The van der Waals surface area contributed by atoms with Gasteiger partial charge in [-0.3, -0.25) is 4.99 Å². The molecule has 0 aromatic heterocycles. The quantitative estimate of drug-likeness (QED) is 0.488. The Morgan fingerprint density at radius 1 is 1.15 bits per heavy atom. The maximum absolute atomic E-state index is 13.7. The van der Waals surface area contributed by atoms with Gasteiger partial charge < -0.3 is 15.7 Å². The number of aliphatic imine (C=N–C) groups is 1. The number of hydrogen-bond acceptors (Lipinski definition) is 2. The molecule has 0 spiro atoms. The summed E-state index contributed by atoms with van der Waals surface area (Å²) >= 11 is 0.